The van der Waals surface area contributed by atoms with Gasteiger partial charge in [-0.05, 0) is 4.92 Å². The van der Waals surface area contributed by atoms with Crippen molar-refractivity contribution in [2.75, 3.05) is 25.1 Å². The lowest BCUT2D eigenvalue weighted by Gasteiger charge is -2.04. The average Bonchev–Trinajstić information content (AvgIpc) is 2.86. The molecule has 7 nitrogen and oxygen atoms in total. The number of aromatic nitrogens is 2. The topological polar surface area (TPSA) is 81.7 Å². The van der Waals surface area contributed by atoms with Crippen LogP contribution in [-0.4, -0.2) is 40.5 Å². The normalized spacial score (nSPS) is 11.3. The van der Waals surface area contributed by atoms with Gasteiger partial charge in [0.15, 0.2) is 0 Å². The maximum atomic E-state index is 11.8. The summed E-state index contributed by atoms with van der Waals surface area (Å²) in [7, 11) is 0. The van der Waals surface area contributed by atoms with Gasteiger partial charge in [0.2, 0.25) is 5.82 Å². The molecule has 19 heavy (non-hydrogen) atoms. The zero-order valence-electron chi connectivity index (χ0n) is 9.58. The van der Waals surface area contributed by atoms with Gasteiger partial charge in [0, 0.05) is 11.9 Å². The third kappa shape index (κ3) is 3.15. The van der Waals surface area contributed by atoms with Crippen LogP contribution in [0.5, 0.6) is 0 Å². The fraction of sp³-hybridized carbons (Fsp3) is 0.444. The Kier molecular flexibility index (Phi) is 4.22. The lowest BCUT2D eigenvalue weighted by molar-refractivity contribution is -0.389. The van der Waals surface area contributed by atoms with E-state index in [1.165, 1.54) is 15.7 Å². The lowest BCUT2D eigenvalue weighted by atomic mass is 10.6. The molecule has 2 aromatic rings. The number of fused-ring (bicyclic) bond motifs is 1. The van der Waals surface area contributed by atoms with Crippen LogP contribution in [0.25, 0.3) is 4.96 Å². The Morgan fingerprint density at radius 1 is 1.63 bits per heavy atom. The summed E-state index contributed by atoms with van der Waals surface area (Å²) >= 11 is 1.26. The number of anilines is 1. The zero-order chi connectivity index (χ0) is 13.8. The molecule has 0 bridgehead atoms. The summed E-state index contributed by atoms with van der Waals surface area (Å²) in [5, 5.41) is 15.3. The summed E-state index contributed by atoms with van der Waals surface area (Å²) in [6.45, 7) is -0.465. The first-order valence-electron chi connectivity index (χ1n) is 5.29. The van der Waals surface area contributed by atoms with Gasteiger partial charge in [-0.1, -0.05) is 11.3 Å². The summed E-state index contributed by atoms with van der Waals surface area (Å²) in [5.74, 6) is -0.0670. The van der Waals surface area contributed by atoms with Crippen molar-refractivity contribution in [2.24, 2.45) is 0 Å². The summed E-state index contributed by atoms with van der Waals surface area (Å²) in [5.41, 5.74) is 0. The first-order chi connectivity index (χ1) is 9.09. The fourth-order valence-electron chi connectivity index (χ4n) is 1.48. The molecule has 0 aliphatic carbocycles. The minimum absolute atomic E-state index is 0.0205. The monoisotopic (exact) mass is 292 g/mol. The van der Waals surface area contributed by atoms with Crippen LogP contribution in [-0.2, 0) is 4.74 Å². The van der Waals surface area contributed by atoms with Crippen molar-refractivity contribution in [1.82, 2.24) is 9.38 Å². The molecule has 0 saturated heterocycles. The Hall–Kier alpha value is -1.81. The predicted octanol–water partition coefficient (Wildman–Crippen LogP) is 2.00. The van der Waals surface area contributed by atoms with Gasteiger partial charge >= 0.3 is 5.82 Å². The van der Waals surface area contributed by atoms with Crippen molar-refractivity contribution in [1.29, 1.82) is 0 Å². The van der Waals surface area contributed by atoms with Crippen molar-refractivity contribution >= 4 is 27.9 Å². The number of nitrogens with one attached hydrogen (secondary N) is 1. The Morgan fingerprint density at radius 2 is 2.42 bits per heavy atom. The zero-order valence-corrected chi connectivity index (χ0v) is 10.4. The van der Waals surface area contributed by atoms with Gasteiger partial charge < -0.3 is 20.2 Å². The predicted molar refractivity (Wildman–Crippen MR) is 65.0 cm³/mol. The molecular weight excluding hydrogens is 282 g/mol. The second-order valence-electron chi connectivity index (χ2n) is 3.49. The van der Waals surface area contributed by atoms with Gasteiger partial charge in [0.1, 0.15) is 12.8 Å². The van der Waals surface area contributed by atoms with Gasteiger partial charge in [-0.3, -0.25) is 0 Å². The van der Waals surface area contributed by atoms with Crippen LogP contribution in [0.15, 0.2) is 11.6 Å². The highest BCUT2D eigenvalue weighted by atomic mass is 32.1. The molecular formula is C9H10F2N4O3S. The molecule has 10 heteroatoms. The molecule has 0 amide bonds. The molecule has 1 N–H and O–H groups in total. The maximum Gasteiger partial charge on any atom is 0.372 e. The Morgan fingerprint density at radius 3 is 3.11 bits per heavy atom. The fourth-order valence-corrected chi connectivity index (χ4v) is 2.19. The molecule has 0 spiro atoms. The molecule has 0 aromatic carbocycles. The number of rotatable bonds is 7. The summed E-state index contributed by atoms with van der Waals surface area (Å²) in [6.07, 6.45) is -0.976. The van der Waals surface area contributed by atoms with Gasteiger partial charge in [-0.15, -0.1) is 0 Å². The lowest BCUT2D eigenvalue weighted by Crippen LogP contribution is -2.14. The van der Waals surface area contributed by atoms with Crippen LogP contribution in [0.3, 0.4) is 0 Å². The van der Waals surface area contributed by atoms with E-state index < -0.39 is 18.0 Å². The van der Waals surface area contributed by atoms with E-state index >= 15 is 0 Å². The van der Waals surface area contributed by atoms with E-state index in [0.717, 1.165) is 0 Å². The van der Waals surface area contributed by atoms with Crippen molar-refractivity contribution in [3.05, 3.63) is 21.7 Å². The average molecular weight is 292 g/mol. The van der Waals surface area contributed by atoms with Crippen molar-refractivity contribution in [3.8, 4) is 0 Å². The minimum atomic E-state index is -2.52. The molecule has 0 aliphatic rings. The van der Waals surface area contributed by atoms with Gasteiger partial charge in [0.25, 0.3) is 11.4 Å². The minimum Gasteiger partial charge on any atom is -0.374 e. The quantitative estimate of drug-likeness (QED) is 0.479. The molecule has 0 unspecified atom stereocenters. The molecule has 2 heterocycles. The van der Waals surface area contributed by atoms with Crippen LogP contribution in [0.1, 0.15) is 0 Å². The molecule has 0 radical (unpaired) electrons. The maximum absolute atomic E-state index is 11.8. The van der Waals surface area contributed by atoms with Crippen LogP contribution in [0.2, 0.25) is 0 Å². The molecule has 0 saturated carbocycles. The van der Waals surface area contributed by atoms with E-state index in [1.807, 2.05) is 0 Å². The highest BCUT2D eigenvalue weighted by molar-refractivity contribution is 7.15. The van der Waals surface area contributed by atoms with Crippen LogP contribution in [0, 0.1) is 10.1 Å². The van der Waals surface area contributed by atoms with Gasteiger partial charge in [-0.25, -0.2) is 8.78 Å². The van der Waals surface area contributed by atoms with Gasteiger partial charge in [0.05, 0.1) is 6.61 Å². The van der Waals surface area contributed by atoms with Crippen LogP contribution in [0.4, 0.5) is 20.4 Å². The van der Waals surface area contributed by atoms with E-state index in [1.54, 1.807) is 11.6 Å². The third-order valence-corrected chi connectivity index (χ3v) is 2.95. The number of hydrogen-bond donors (Lipinski definition) is 1. The van der Waals surface area contributed by atoms with E-state index in [0.29, 0.717) is 4.96 Å². The molecule has 0 aliphatic heterocycles. The number of hydrogen-bond acceptors (Lipinski definition) is 6. The molecule has 2 rings (SSSR count). The SMILES string of the molecule is O=[N+]([O-])c1c(NCCOCC(F)F)nc2sccn12. The Bertz CT molecular complexity index is 571. The number of nitrogens with zero attached hydrogens (tertiary/aromatic N) is 3. The second kappa shape index (κ2) is 5.89. The first kappa shape index (κ1) is 13.6. The highest BCUT2D eigenvalue weighted by Gasteiger charge is 2.23. The molecule has 0 fully saturated rings. The van der Waals surface area contributed by atoms with Crippen LogP contribution < -0.4 is 5.32 Å². The standard InChI is InChI=1S/C9H10F2N4O3S/c10-6(11)5-18-3-1-12-7-8(15(16)17)14-2-4-19-9(14)13-7/h2,4,6,12H,1,3,5H2. The Balaban J connectivity index is 1.98. The third-order valence-electron chi connectivity index (χ3n) is 2.19. The second-order valence-corrected chi connectivity index (χ2v) is 4.36. The molecule has 0 atom stereocenters. The summed E-state index contributed by atoms with van der Waals surface area (Å²) in [4.78, 5) is 14.9. The number of ether oxygens (including phenoxy) is 1. The van der Waals surface area contributed by atoms with Crippen molar-refractivity contribution < 1.29 is 18.4 Å². The van der Waals surface area contributed by atoms with Crippen LogP contribution >= 0.6 is 11.3 Å². The first-order valence-corrected chi connectivity index (χ1v) is 6.17. The number of halogens is 2. The highest BCUT2D eigenvalue weighted by Crippen LogP contribution is 2.27. The summed E-state index contributed by atoms with van der Waals surface area (Å²) < 4.78 is 29.6. The smallest absolute Gasteiger partial charge is 0.372 e. The van der Waals surface area contributed by atoms with E-state index in [9.17, 15) is 18.9 Å². The number of thiazole rings is 1. The Labute approximate surface area is 110 Å². The number of alkyl halides is 2. The molecule has 2 aromatic heterocycles. The number of imidazole rings is 1. The molecule has 104 valence electrons. The van der Waals surface area contributed by atoms with E-state index in [4.69, 9.17) is 0 Å². The van der Waals surface area contributed by atoms with Crippen molar-refractivity contribution in [3.63, 3.8) is 0 Å². The van der Waals surface area contributed by atoms with Crippen molar-refractivity contribution in [2.45, 2.75) is 6.43 Å². The largest absolute Gasteiger partial charge is 0.374 e. The summed E-state index contributed by atoms with van der Waals surface area (Å²) in [6, 6.07) is 0. The van der Waals surface area contributed by atoms with E-state index in [2.05, 4.69) is 15.0 Å². The van der Waals surface area contributed by atoms with E-state index in [-0.39, 0.29) is 24.8 Å². The van der Waals surface area contributed by atoms with Gasteiger partial charge in [-0.2, -0.15) is 9.38 Å². The number of nitro groups is 1.